The standard InChI is InChI=1S/C23H27NO/c1-4-23(2,3)19-12-14-20(15-13-19)25-17-16-24-22-11-7-9-18-8-5-6-10-21(18)22/h5-15,24H,4,16-17H2,1-3H3. The normalized spacial score (nSPS) is 11.5. The molecule has 0 aromatic heterocycles. The maximum Gasteiger partial charge on any atom is 0.119 e. The summed E-state index contributed by atoms with van der Waals surface area (Å²) >= 11 is 0. The van der Waals surface area contributed by atoms with Gasteiger partial charge in [-0.3, -0.25) is 0 Å². The van der Waals surface area contributed by atoms with E-state index in [1.54, 1.807) is 0 Å². The van der Waals surface area contributed by atoms with Crippen LogP contribution < -0.4 is 10.1 Å². The van der Waals surface area contributed by atoms with E-state index >= 15 is 0 Å². The zero-order chi connectivity index (χ0) is 17.7. The number of benzene rings is 3. The van der Waals surface area contributed by atoms with Crippen molar-refractivity contribution in [1.82, 2.24) is 0 Å². The quantitative estimate of drug-likeness (QED) is 0.534. The summed E-state index contributed by atoms with van der Waals surface area (Å²) in [4.78, 5) is 0. The van der Waals surface area contributed by atoms with Crippen molar-refractivity contribution in [2.24, 2.45) is 0 Å². The zero-order valence-corrected chi connectivity index (χ0v) is 15.4. The van der Waals surface area contributed by atoms with Gasteiger partial charge < -0.3 is 10.1 Å². The Bertz CT molecular complexity index is 816. The number of ether oxygens (including phenoxy) is 1. The minimum Gasteiger partial charge on any atom is -0.492 e. The van der Waals surface area contributed by atoms with Crippen LogP contribution in [0, 0.1) is 0 Å². The van der Waals surface area contributed by atoms with Gasteiger partial charge in [0.25, 0.3) is 0 Å². The summed E-state index contributed by atoms with van der Waals surface area (Å²) in [7, 11) is 0. The molecule has 2 nitrogen and oxygen atoms in total. The monoisotopic (exact) mass is 333 g/mol. The van der Waals surface area contributed by atoms with Gasteiger partial charge in [0, 0.05) is 17.6 Å². The molecule has 0 aliphatic rings. The van der Waals surface area contributed by atoms with Gasteiger partial charge in [-0.1, -0.05) is 69.3 Å². The number of nitrogens with one attached hydrogen (secondary N) is 1. The van der Waals surface area contributed by atoms with Crippen LogP contribution in [0.25, 0.3) is 10.8 Å². The Hall–Kier alpha value is -2.48. The van der Waals surface area contributed by atoms with Crippen LogP contribution in [-0.2, 0) is 5.41 Å². The highest BCUT2D eigenvalue weighted by molar-refractivity contribution is 5.93. The van der Waals surface area contributed by atoms with E-state index in [4.69, 9.17) is 4.74 Å². The van der Waals surface area contributed by atoms with Crippen LogP contribution in [0.4, 0.5) is 5.69 Å². The SMILES string of the molecule is CCC(C)(C)c1ccc(OCCNc2cccc3ccccc23)cc1. The zero-order valence-electron chi connectivity index (χ0n) is 15.4. The molecule has 0 aliphatic heterocycles. The molecule has 0 radical (unpaired) electrons. The maximum atomic E-state index is 5.88. The fourth-order valence-electron chi connectivity index (χ4n) is 2.94. The number of rotatable bonds is 7. The van der Waals surface area contributed by atoms with Crippen LogP contribution in [0.3, 0.4) is 0 Å². The fraction of sp³-hybridized carbons (Fsp3) is 0.304. The van der Waals surface area contributed by atoms with Gasteiger partial charge in [0.2, 0.25) is 0 Å². The van der Waals surface area contributed by atoms with Gasteiger partial charge in [-0.05, 0) is 41.0 Å². The minimum absolute atomic E-state index is 0.217. The van der Waals surface area contributed by atoms with Crippen molar-refractivity contribution in [3.05, 3.63) is 72.3 Å². The van der Waals surface area contributed by atoms with Crippen LogP contribution in [0.5, 0.6) is 5.75 Å². The largest absolute Gasteiger partial charge is 0.492 e. The van der Waals surface area contributed by atoms with Gasteiger partial charge in [-0.25, -0.2) is 0 Å². The maximum absolute atomic E-state index is 5.88. The van der Waals surface area contributed by atoms with E-state index in [0.29, 0.717) is 6.61 Å². The predicted octanol–water partition coefficient (Wildman–Crippen LogP) is 6.02. The summed E-state index contributed by atoms with van der Waals surface area (Å²) in [5.41, 5.74) is 2.73. The van der Waals surface area contributed by atoms with E-state index in [9.17, 15) is 0 Å². The van der Waals surface area contributed by atoms with Crippen molar-refractivity contribution in [1.29, 1.82) is 0 Å². The lowest BCUT2D eigenvalue weighted by atomic mass is 9.82. The number of hydrogen-bond donors (Lipinski definition) is 1. The molecule has 2 heteroatoms. The average Bonchev–Trinajstić information content (AvgIpc) is 2.65. The van der Waals surface area contributed by atoms with Crippen LogP contribution in [-0.4, -0.2) is 13.2 Å². The summed E-state index contributed by atoms with van der Waals surface area (Å²) in [6.45, 7) is 8.19. The van der Waals surface area contributed by atoms with E-state index < -0.39 is 0 Å². The first-order valence-electron chi connectivity index (χ1n) is 9.05. The number of fused-ring (bicyclic) bond motifs is 1. The smallest absolute Gasteiger partial charge is 0.119 e. The van der Waals surface area contributed by atoms with Crippen molar-refractivity contribution >= 4 is 16.5 Å². The summed E-state index contributed by atoms with van der Waals surface area (Å²) in [5, 5.41) is 5.98. The molecule has 130 valence electrons. The van der Waals surface area contributed by atoms with Crippen molar-refractivity contribution in [2.75, 3.05) is 18.5 Å². The molecule has 0 unspecified atom stereocenters. The third-order valence-corrected chi connectivity index (χ3v) is 5.00. The molecule has 1 N–H and O–H groups in total. The van der Waals surface area contributed by atoms with E-state index in [1.165, 1.54) is 16.3 Å². The van der Waals surface area contributed by atoms with Gasteiger partial charge in [-0.15, -0.1) is 0 Å². The van der Waals surface area contributed by atoms with Crippen LogP contribution in [0.15, 0.2) is 66.7 Å². The molecule has 0 spiro atoms. The molecule has 3 rings (SSSR count). The Morgan fingerprint density at radius 1 is 0.880 bits per heavy atom. The summed E-state index contributed by atoms with van der Waals surface area (Å²) in [6, 6.07) is 23.3. The minimum atomic E-state index is 0.217. The molecule has 0 atom stereocenters. The van der Waals surface area contributed by atoms with E-state index in [2.05, 4.69) is 92.8 Å². The highest BCUT2D eigenvalue weighted by atomic mass is 16.5. The van der Waals surface area contributed by atoms with Crippen molar-refractivity contribution in [3.8, 4) is 5.75 Å². The second-order valence-electron chi connectivity index (χ2n) is 7.06. The van der Waals surface area contributed by atoms with Crippen molar-refractivity contribution in [3.63, 3.8) is 0 Å². The molecule has 3 aromatic carbocycles. The van der Waals surface area contributed by atoms with E-state index in [0.717, 1.165) is 24.4 Å². The van der Waals surface area contributed by atoms with Crippen LogP contribution in [0.2, 0.25) is 0 Å². The van der Waals surface area contributed by atoms with Crippen molar-refractivity contribution in [2.45, 2.75) is 32.6 Å². The van der Waals surface area contributed by atoms with Gasteiger partial charge in [0.05, 0.1) is 0 Å². The Kier molecular flexibility index (Phi) is 5.28. The highest BCUT2D eigenvalue weighted by Crippen LogP contribution is 2.28. The van der Waals surface area contributed by atoms with Gasteiger partial charge in [-0.2, -0.15) is 0 Å². The molecule has 0 aliphatic carbocycles. The van der Waals surface area contributed by atoms with Gasteiger partial charge in [0.1, 0.15) is 12.4 Å². The van der Waals surface area contributed by atoms with Crippen LogP contribution >= 0.6 is 0 Å². The first-order valence-corrected chi connectivity index (χ1v) is 9.05. The van der Waals surface area contributed by atoms with Crippen molar-refractivity contribution < 1.29 is 4.74 Å². The topological polar surface area (TPSA) is 21.3 Å². The third-order valence-electron chi connectivity index (χ3n) is 5.00. The fourth-order valence-corrected chi connectivity index (χ4v) is 2.94. The molecular formula is C23H27NO. The lowest BCUT2D eigenvalue weighted by molar-refractivity contribution is 0.332. The first kappa shape index (κ1) is 17.3. The molecule has 0 fully saturated rings. The Labute approximate surface area is 150 Å². The van der Waals surface area contributed by atoms with E-state index in [1.807, 2.05) is 0 Å². The highest BCUT2D eigenvalue weighted by Gasteiger charge is 2.17. The lowest BCUT2D eigenvalue weighted by Gasteiger charge is -2.23. The number of anilines is 1. The van der Waals surface area contributed by atoms with Gasteiger partial charge >= 0.3 is 0 Å². The van der Waals surface area contributed by atoms with Gasteiger partial charge in [0.15, 0.2) is 0 Å². The second kappa shape index (κ2) is 7.60. The summed E-state index contributed by atoms with van der Waals surface area (Å²) < 4.78 is 5.88. The molecule has 0 heterocycles. The Balaban J connectivity index is 1.55. The Morgan fingerprint density at radius 2 is 1.60 bits per heavy atom. The molecule has 0 bridgehead atoms. The molecular weight excluding hydrogens is 306 g/mol. The molecule has 3 aromatic rings. The molecule has 0 amide bonds. The third kappa shape index (κ3) is 4.14. The van der Waals surface area contributed by atoms with Crippen LogP contribution in [0.1, 0.15) is 32.8 Å². The summed E-state index contributed by atoms with van der Waals surface area (Å²) in [6.07, 6.45) is 1.13. The van der Waals surface area contributed by atoms with E-state index in [-0.39, 0.29) is 5.41 Å². The molecule has 0 saturated heterocycles. The number of hydrogen-bond acceptors (Lipinski definition) is 2. The first-order chi connectivity index (χ1) is 12.1. The lowest BCUT2D eigenvalue weighted by Crippen LogP contribution is -2.15. The predicted molar refractivity (Wildman–Crippen MR) is 108 cm³/mol. The molecule has 0 saturated carbocycles. The Morgan fingerprint density at radius 3 is 2.36 bits per heavy atom. The molecule has 25 heavy (non-hydrogen) atoms. The second-order valence-corrected chi connectivity index (χ2v) is 7.06. The average molecular weight is 333 g/mol. The summed E-state index contributed by atoms with van der Waals surface area (Å²) in [5.74, 6) is 0.926.